The molecule has 2 aromatic rings. The number of nitrogens with one attached hydrogen (secondary N) is 2. The van der Waals surface area contributed by atoms with E-state index >= 15 is 0 Å². The zero-order chi connectivity index (χ0) is 14.7. The van der Waals surface area contributed by atoms with Crippen LogP contribution in [0.2, 0.25) is 0 Å². The fourth-order valence-corrected chi connectivity index (χ4v) is 2.38. The van der Waals surface area contributed by atoms with E-state index in [0.717, 1.165) is 17.3 Å². The molecule has 0 atom stereocenters. The van der Waals surface area contributed by atoms with E-state index in [1.165, 1.54) is 10.6 Å². The number of hydrogen-bond acceptors (Lipinski definition) is 4. The summed E-state index contributed by atoms with van der Waals surface area (Å²) in [5.74, 6) is -0.312. The van der Waals surface area contributed by atoms with Crippen LogP contribution in [0.5, 0.6) is 0 Å². The minimum absolute atomic E-state index is 0.312. The van der Waals surface area contributed by atoms with Crippen molar-refractivity contribution in [1.82, 2.24) is 20.1 Å². The van der Waals surface area contributed by atoms with E-state index in [9.17, 15) is 9.18 Å². The molecule has 108 valence electrons. The van der Waals surface area contributed by atoms with Gasteiger partial charge in [0.1, 0.15) is 5.82 Å². The van der Waals surface area contributed by atoms with Crippen molar-refractivity contribution in [3.05, 3.63) is 40.1 Å². The van der Waals surface area contributed by atoms with Crippen LogP contribution >= 0.6 is 11.8 Å². The van der Waals surface area contributed by atoms with Crippen LogP contribution in [0.15, 0.2) is 33.0 Å². The topological polar surface area (TPSA) is 62.7 Å². The van der Waals surface area contributed by atoms with Gasteiger partial charge < -0.3 is 5.32 Å². The van der Waals surface area contributed by atoms with E-state index in [-0.39, 0.29) is 11.5 Å². The molecular weight excluding hydrogens is 279 g/mol. The summed E-state index contributed by atoms with van der Waals surface area (Å²) >= 11 is 1.12. The molecule has 1 aromatic carbocycles. The third kappa shape index (κ3) is 3.49. The average Bonchev–Trinajstić information content (AvgIpc) is 2.71. The van der Waals surface area contributed by atoms with Crippen molar-refractivity contribution in [3.8, 4) is 0 Å². The van der Waals surface area contributed by atoms with Crippen LogP contribution in [-0.2, 0) is 13.6 Å². The molecule has 0 spiro atoms. The Labute approximate surface area is 120 Å². The Morgan fingerprint density at radius 3 is 2.80 bits per heavy atom. The van der Waals surface area contributed by atoms with Crippen molar-refractivity contribution >= 4 is 11.8 Å². The first-order chi connectivity index (χ1) is 9.47. The lowest BCUT2D eigenvalue weighted by molar-refractivity contribution is 0.574. The Morgan fingerprint density at radius 2 is 2.25 bits per heavy atom. The maximum Gasteiger partial charge on any atom is 0.343 e. The number of rotatable bonds is 5. The Hall–Kier alpha value is -1.60. The van der Waals surface area contributed by atoms with E-state index in [0.29, 0.717) is 22.6 Å². The zero-order valence-electron chi connectivity index (χ0n) is 11.6. The van der Waals surface area contributed by atoms with Crippen molar-refractivity contribution in [2.24, 2.45) is 7.05 Å². The molecule has 0 saturated heterocycles. The first kappa shape index (κ1) is 14.8. The van der Waals surface area contributed by atoms with E-state index in [4.69, 9.17) is 0 Å². The van der Waals surface area contributed by atoms with Crippen molar-refractivity contribution in [3.63, 3.8) is 0 Å². The number of aromatic nitrogens is 3. The highest BCUT2D eigenvalue weighted by molar-refractivity contribution is 7.99. The summed E-state index contributed by atoms with van der Waals surface area (Å²) in [4.78, 5) is 11.7. The van der Waals surface area contributed by atoms with Crippen LogP contribution in [-0.4, -0.2) is 20.8 Å². The molecule has 20 heavy (non-hydrogen) atoms. The quantitative estimate of drug-likeness (QED) is 0.884. The first-order valence-electron chi connectivity index (χ1n) is 6.28. The van der Waals surface area contributed by atoms with Gasteiger partial charge in [-0.1, -0.05) is 19.9 Å². The monoisotopic (exact) mass is 296 g/mol. The van der Waals surface area contributed by atoms with Crippen LogP contribution in [0.25, 0.3) is 0 Å². The standard InChI is InChI=1S/C13H17FN4OS/c1-8(2)15-7-9-4-5-11(10(14)6-9)20-13-17-16-12(19)18(13)3/h4-6,8,15H,7H2,1-3H3,(H,16,19). The summed E-state index contributed by atoms with van der Waals surface area (Å²) in [6, 6.07) is 5.43. The predicted molar refractivity (Wildman–Crippen MR) is 76.3 cm³/mol. The highest BCUT2D eigenvalue weighted by Gasteiger charge is 2.10. The lowest BCUT2D eigenvalue weighted by Gasteiger charge is -2.09. The molecule has 0 aliphatic heterocycles. The van der Waals surface area contributed by atoms with Crippen LogP contribution in [0.4, 0.5) is 4.39 Å². The Kier molecular flexibility index (Phi) is 4.61. The number of aromatic amines is 1. The molecule has 1 aromatic heterocycles. The van der Waals surface area contributed by atoms with Gasteiger partial charge in [-0.05, 0) is 29.5 Å². The fraction of sp³-hybridized carbons (Fsp3) is 0.385. The summed E-state index contributed by atoms with van der Waals surface area (Å²) in [5.41, 5.74) is 0.571. The highest BCUT2D eigenvalue weighted by atomic mass is 32.2. The average molecular weight is 296 g/mol. The lowest BCUT2D eigenvalue weighted by atomic mass is 10.2. The normalized spacial score (nSPS) is 11.2. The molecule has 1 heterocycles. The molecule has 0 fully saturated rings. The molecule has 5 nitrogen and oxygen atoms in total. The van der Waals surface area contributed by atoms with Crippen LogP contribution < -0.4 is 11.0 Å². The van der Waals surface area contributed by atoms with Crippen LogP contribution in [0, 0.1) is 5.82 Å². The smallest absolute Gasteiger partial charge is 0.310 e. The van der Waals surface area contributed by atoms with E-state index in [1.54, 1.807) is 13.1 Å². The van der Waals surface area contributed by atoms with Crippen molar-refractivity contribution in [2.75, 3.05) is 0 Å². The number of halogens is 1. The summed E-state index contributed by atoms with van der Waals surface area (Å²) in [6.45, 7) is 4.71. The maximum absolute atomic E-state index is 14.0. The van der Waals surface area contributed by atoms with E-state index in [1.807, 2.05) is 19.9 Å². The van der Waals surface area contributed by atoms with Gasteiger partial charge in [-0.25, -0.2) is 14.3 Å². The van der Waals surface area contributed by atoms with Crippen molar-refractivity contribution in [1.29, 1.82) is 0 Å². The number of benzene rings is 1. The summed E-state index contributed by atoms with van der Waals surface area (Å²) in [5, 5.41) is 9.83. The molecule has 0 radical (unpaired) electrons. The molecule has 2 rings (SSSR count). The van der Waals surface area contributed by atoms with Gasteiger partial charge in [0.15, 0.2) is 5.16 Å². The number of nitrogens with zero attached hydrogens (tertiary/aromatic N) is 2. The largest absolute Gasteiger partial charge is 0.343 e. The van der Waals surface area contributed by atoms with Crippen molar-refractivity contribution < 1.29 is 4.39 Å². The third-order valence-corrected chi connectivity index (χ3v) is 3.85. The first-order valence-corrected chi connectivity index (χ1v) is 7.10. The number of hydrogen-bond donors (Lipinski definition) is 2. The lowest BCUT2D eigenvalue weighted by Crippen LogP contribution is -2.21. The second-order valence-corrected chi connectivity index (χ2v) is 5.78. The molecule has 0 unspecified atom stereocenters. The minimum atomic E-state index is -0.314. The highest BCUT2D eigenvalue weighted by Crippen LogP contribution is 2.27. The molecule has 0 amide bonds. The van der Waals surface area contributed by atoms with Gasteiger partial charge in [0, 0.05) is 19.6 Å². The van der Waals surface area contributed by atoms with Gasteiger partial charge in [0.25, 0.3) is 0 Å². The van der Waals surface area contributed by atoms with Crippen LogP contribution in [0.3, 0.4) is 0 Å². The van der Waals surface area contributed by atoms with Gasteiger partial charge in [-0.3, -0.25) is 4.57 Å². The van der Waals surface area contributed by atoms with Gasteiger partial charge in [-0.15, -0.1) is 5.10 Å². The van der Waals surface area contributed by atoms with Crippen LogP contribution in [0.1, 0.15) is 19.4 Å². The van der Waals surface area contributed by atoms with Gasteiger partial charge in [0.2, 0.25) is 0 Å². The maximum atomic E-state index is 14.0. The Morgan fingerprint density at radius 1 is 1.50 bits per heavy atom. The second-order valence-electron chi connectivity index (χ2n) is 4.77. The minimum Gasteiger partial charge on any atom is -0.310 e. The molecule has 0 bridgehead atoms. The van der Waals surface area contributed by atoms with Gasteiger partial charge in [0.05, 0.1) is 4.90 Å². The molecule has 2 N–H and O–H groups in total. The predicted octanol–water partition coefficient (Wildman–Crippen LogP) is 1.90. The summed E-state index contributed by atoms with van der Waals surface area (Å²) in [6.07, 6.45) is 0. The molecule has 0 aliphatic carbocycles. The van der Waals surface area contributed by atoms with Gasteiger partial charge in [-0.2, -0.15) is 0 Å². The van der Waals surface area contributed by atoms with Gasteiger partial charge >= 0.3 is 5.69 Å². The second kappa shape index (κ2) is 6.23. The third-order valence-electron chi connectivity index (χ3n) is 2.75. The number of H-pyrrole nitrogens is 1. The Bertz CT molecular complexity index is 650. The summed E-state index contributed by atoms with van der Waals surface area (Å²) in [7, 11) is 1.59. The summed E-state index contributed by atoms with van der Waals surface area (Å²) < 4.78 is 15.4. The van der Waals surface area contributed by atoms with E-state index in [2.05, 4.69) is 15.5 Å². The fourth-order valence-electron chi connectivity index (χ4n) is 1.58. The van der Waals surface area contributed by atoms with E-state index < -0.39 is 0 Å². The van der Waals surface area contributed by atoms with Crippen molar-refractivity contribution in [2.45, 2.75) is 36.5 Å². The molecule has 7 heteroatoms. The molecular formula is C13H17FN4OS. The Balaban J connectivity index is 2.13. The molecule has 0 aliphatic rings. The molecule has 0 saturated carbocycles. The zero-order valence-corrected chi connectivity index (χ0v) is 12.4. The SMILES string of the molecule is CC(C)NCc1ccc(Sc2n[nH]c(=O)n2C)c(F)c1.